The maximum atomic E-state index is 5.72. The molecule has 0 fully saturated rings. The summed E-state index contributed by atoms with van der Waals surface area (Å²) in [7, 11) is 0. The molecule has 3 aromatic rings. The average Bonchev–Trinajstić information content (AvgIpc) is 2.88. The van der Waals surface area contributed by atoms with E-state index in [1.54, 1.807) is 18.2 Å². The number of nitrogens with two attached hydrogens (primary N) is 1. The fourth-order valence-electron chi connectivity index (χ4n) is 2.04. The lowest BCUT2D eigenvalue weighted by atomic mass is 10.3. The number of hydrogen-bond donors (Lipinski definition) is 1. The molecule has 1 aromatic heterocycles. The second kappa shape index (κ2) is 5.75. The summed E-state index contributed by atoms with van der Waals surface area (Å²) < 4.78 is 16.8. The lowest BCUT2D eigenvalue weighted by Crippen LogP contribution is -1.99. The molecule has 0 radical (unpaired) electrons. The van der Waals surface area contributed by atoms with E-state index in [1.165, 1.54) is 0 Å². The van der Waals surface area contributed by atoms with Gasteiger partial charge in [-0.3, -0.25) is 0 Å². The Bertz CT molecular complexity index is 752. The van der Waals surface area contributed by atoms with Gasteiger partial charge in [-0.15, -0.1) is 0 Å². The standard InChI is InChI=1S/C16H16N2O3/c1-2-19-14-5-3-4-6-15(14)20-10-16-18-12-9-11(17)7-8-13(12)21-16/h3-9H,2,10,17H2,1H3. The van der Waals surface area contributed by atoms with Crippen molar-refractivity contribution in [2.24, 2.45) is 0 Å². The number of oxazole rings is 1. The van der Waals surface area contributed by atoms with Gasteiger partial charge in [0.2, 0.25) is 5.89 Å². The Balaban J connectivity index is 1.77. The normalized spacial score (nSPS) is 10.7. The van der Waals surface area contributed by atoms with Gasteiger partial charge in [0.25, 0.3) is 0 Å². The van der Waals surface area contributed by atoms with Crippen LogP contribution in [0.1, 0.15) is 12.8 Å². The second-order valence-electron chi connectivity index (χ2n) is 4.50. The highest BCUT2D eigenvalue weighted by Crippen LogP contribution is 2.27. The first-order valence-corrected chi connectivity index (χ1v) is 6.76. The molecule has 0 atom stereocenters. The number of para-hydroxylation sites is 2. The van der Waals surface area contributed by atoms with Gasteiger partial charge < -0.3 is 19.6 Å². The van der Waals surface area contributed by atoms with Crippen LogP contribution in [0.2, 0.25) is 0 Å². The molecule has 0 aliphatic rings. The van der Waals surface area contributed by atoms with Crippen LogP contribution < -0.4 is 15.2 Å². The van der Waals surface area contributed by atoms with Crippen molar-refractivity contribution >= 4 is 16.8 Å². The van der Waals surface area contributed by atoms with Crippen molar-refractivity contribution in [3.63, 3.8) is 0 Å². The molecular weight excluding hydrogens is 268 g/mol. The van der Waals surface area contributed by atoms with E-state index in [2.05, 4.69) is 4.98 Å². The third-order valence-corrected chi connectivity index (χ3v) is 2.96. The fraction of sp³-hybridized carbons (Fsp3) is 0.188. The zero-order valence-electron chi connectivity index (χ0n) is 11.7. The van der Waals surface area contributed by atoms with E-state index in [0.29, 0.717) is 35.3 Å². The molecule has 0 aliphatic heterocycles. The van der Waals surface area contributed by atoms with Crippen LogP contribution in [0.3, 0.4) is 0 Å². The molecule has 0 bridgehead atoms. The van der Waals surface area contributed by atoms with Gasteiger partial charge in [-0.1, -0.05) is 12.1 Å². The Morgan fingerprint density at radius 1 is 1.10 bits per heavy atom. The summed E-state index contributed by atoms with van der Waals surface area (Å²) in [5.74, 6) is 1.88. The number of fused-ring (bicyclic) bond motifs is 1. The molecule has 0 unspecified atom stereocenters. The molecule has 1 heterocycles. The maximum Gasteiger partial charge on any atom is 0.233 e. The van der Waals surface area contributed by atoms with E-state index in [0.717, 1.165) is 5.52 Å². The van der Waals surface area contributed by atoms with Crippen molar-refractivity contribution in [1.82, 2.24) is 4.98 Å². The van der Waals surface area contributed by atoms with Crippen molar-refractivity contribution in [3.05, 3.63) is 48.4 Å². The highest BCUT2D eigenvalue weighted by molar-refractivity contribution is 5.76. The minimum Gasteiger partial charge on any atom is -0.490 e. The number of hydrogen-bond acceptors (Lipinski definition) is 5. The highest BCUT2D eigenvalue weighted by Gasteiger charge is 2.09. The van der Waals surface area contributed by atoms with E-state index in [-0.39, 0.29) is 6.61 Å². The quantitative estimate of drug-likeness (QED) is 0.727. The number of benzene rings is 2. The topological polar surface area (TPSA) is 70.5 Å². The highest BCUT2D eigenvalue weighted by atomic mass is 16.5. The van der Waals surface area contributed by atoms with Gasteiger partial charge in [-0.2, -0.15) is 0 Å². The van der Waals surface area contributed by atoms with E-state index in [1.807, 2.05) is 31.2 Å². The Labute approximate surface area is 122 Å². The van der Waals surface area contributed by atoms with Crippen LogP contribution in [0.5, 0.6) is 11.5 Å². The molecule has 3 rings (SSSR count). The lowest BCUT2D eigenvalue weighted by molar-refractivity contribution is 0.245. The molecule has 2 aromatic carbocycles. The Morgan fingerprint density at radius 3 is 2.62 bits per heavy atom. The van der Waals surface area contributed by atoms with Crippen LogP contribution in [-0.2, 0) is 6.61 Å². The van der Waals surface area contributed by atoms with E-state index < -0.39 is 0 Å². The largest absolute Gasteiger partial charge is 0.490 e. The molecule has 0 amide bonds. The van der Waals surface area contributed by atoms with Gasteiger partial charge >= 0.3 is 0 Å². The number of nitrogens with zero attached hydrogens (tertiary/aromatic N) is 1. The summed E-state index contributed by atoms with van der Waals surface area (Å²) in [5, 5.41) is 0. The first kappa shape index (κ1) is 13.3. The zero-order valence-corrected chi connectivity index (χ0v) is 11.7. The summed E-state index contributed by atoms with van der Waals surface area (Å²) in [5.41, 5.74) is 7.80. The fourth-order valence-corrected chi connectivity index (χ4v) is 2.04. The third-order valence-electron chi connectivity index (χ3n) is 2.96. The van der Waals surface area contributed by atoms with Gasteiger partial charge in [-0.05, 0) is 37.3 Å². The van der Waals surface area contributed by atoms with Crippen molar-refractivity contribution in [1.29, 1.82) is 0 Å². The number of nitrogen functional groups attached to an aromatic ring is 1. The van der Waals surface area contributed by atoms with Gasteiger partial charge in [0.05, 0.1) is 6.61 Å². The van der Waals surface area contributed by atoms with Crippen LogP contribution in [-0.4, -0.2) is 11.6 Å². The van der Waals surface area contributed by atoms with Gasteiger partial charge in [0.1, 0.15) is 5.52 Å². The monoisotopic (exact) mass is 284 g/mol. The summed E-state index contributed by atoms with van der Waals surface area (Å²) in [4.78, 5) is 4.35. The van der Waals surface area contributed by atoms with Crippen LogP contribution in [0.15, 0.2) is 46.9 Å². The minimum absolute atomic E-state index is 0.235. The molecular formula is C16H16N2O3. The molecule has 5 nitrogen and oxygen atoms in total. The van der Waals surface area contributed by atoms with Crippen LogP contribution >= 0.6 is 0 Å². The van der Waals surface area contributed by atoms with E-state index in [9.17, 15) is 0 Å². The third kappa shape index (κ3) is 2.91. The molecule has 21 heavy (non-hydrogen) atoms. The molecule has 0 saturated heterocycles. The zero-order chi connectivity index (χ0) is 14.7. The van der Waals surface area contributed by atoms with E-state index in [4.69, 9.17) is 19.6 Å². The van der Waals surface area contributed by atoms with Gasteiger partial charge in [-0.25, -0.2) is 4.98 Å². The molecule has 0 spiro atoms. The lowest BCUT2D eigenvalue weighted by Gasteiger charge is -2.09. The van der Waals surface area contributed by atoms with Gasteiger partial charge in [0.15, 0.2) is 23.7 Å². The number of ether oxygens (including phenoxy) is 2. The number of anilines is 1. The summed E-state index contributed by atoms with van der Waals surface area (Å²) in [6.07, 6.45) is 0. The van der Waals surface area contributed by atoms with E-state index >= 15 is 0 Å². The predicted octanol–water partition coefficient (Wildman–Crippen LogP) is 3.39. The maximum absolute atomic E-state index is 5.72. The van der Waals surface area contributed by atoms with Crippen molar-refractivity contribution in [2.75, 3.05) is 12.3 Å². The van der Waals surface area contributed by atoms with Crippen LogP contribution in [0.4, 0.5) is 5.69 Å². The van der Waals surface area contributed by atoms with Crippen molar-refractivity contribution in [3.8, 4) is 11.5 Å². The van der Waals surface area contributed by atoms with Crippen LogP contribution in [0.25, 0.3) is 11.1 Å². The van der Waals surface area contributed by atoms with Crippen molar-refractivity contribution < 1.29 is 13.9 Å². The first-order valence-electron chi connectivity index (χ1n) is 6.76. The summed E-state index contributed by atoms with van der Waals surface area (Å²) in [6.45, 7) is 2.75. The minimum atomic E-state index is 0.235. The Hall–Kier alpha value is -2.69. The Kier molecular flexibility index (Phi) is 3.64. The molecule has 2 N–H and O–H groups in total. The summed E-state index contributed by atoms with van der Waals surface area (Å²) >= 11 is 0. The number of rotatable bonds is 5. The molecule has 108 valence electrons. The first-order chi connectivity index (χ1) is 10.3. The summed E-state index contributed by atoms with van der Waals surface area (Å²) in [6, 6.07) is 12.9. The molecule has 0 aliphatic carbocycles. The van der Waals surface area contributed by atoms with Gasteiger partial charge in [0, 0.05) is 5.69 Å². The predicted molar refractivity (Wildman–Crippen MR) is 80.4 cm³/mol. The SMILES string of the molecule is CCOc1ccccc1OCc1nc2cc(N)ccc2o1. The molecule has 5 heteroatoms. The molecule has 0 saturated carbocycles. The Morgan fingerprint density at radius 2 is 1.86 bits per heavy atom. The average molecular weight is 284 g/mol. The van der Waals surface area contributed by atoms with Crippen LogP contribution in [0, 0.1) is 0 Å². The number of aromatic nitrogens is 1. The smallest absolute Gasteiger partial charge is 0.233 e. The second-order valence-corrected chi connectivity index (χ2v) is 4.50. The van der Waals surface area contributed by atoms with Crippen molar-refractivity contribution in [2.45, 2.75) is 13.5 Å².